The van der Waals surface area contributed by atoms with Crippen molar-refractivity contribution in [3.05, 3.63) is 40.4 Å². The summed E-state index contributed by atoms with van der Waals surface area (Å²) in [5.74, 6) is 0.327. The van der Waals surface area contributed by atoms with Gasteiger partial charge in [-0.25, -0.2) is 4.98 Å². The molecule has 1 aromatic carbocycles. The third-order valence-corrected chi connectivity index (χ3v) is 3.15. The molecule has 0 bridgehead atoms. The number of nitrogens with zero attached hydrogens (tertiary/aromatic N) is 1. The van der Waals surface area contributed by atoms with Crippen molar-refractivity contribution in [2.75, 3.05) is 19.8 Å². The molecule has 0 aliphatic carbocycles. The molecule has 0 atom stereocenters. The largest absolute Gasteiger partial charge is 0.463 e. The minimum atomic E-state index is -0.261. The van der Waals surface area contributed by atoms with Gasteiger partial charge in [-0.2, -0.15) is 0 Å². The Kier molecular flexibility index (Phi) is 6.09. The van der Waals surface area contributed by atoms with E-state index in [4.69, 9.17) is 9.47 Å². The van der Waals surface area contributed by atoms with Crippen LogP contribution in [0.25, 0.3) is 10.9 Å². The summed E-state index contributed by atoms with van der Waals surface area (Å²) >= 11 is 0. The Morgan fingerprint density at radius 1 is 1.27 bits per heavy atom. The molecule has 0 aliphatic heterocycles. The molecule has 0 unspecified atom stereocenters. The first-order valence-electron chi connectivity index (χ1n) is 7.42. The number of nitrogens with one attached hydrogen (secondary N) is 1. The van der Waals surface area contributed by atoms with Gasteiger partial charge in [0.05, 0.1) is 17.5 Å². The fourth-order valence-corrected chi connectivity index (χ4v) is 2.08. The van der Waals surface area contributed by atoms with E-state index >= 15 is 0 Å². The summed E-state index contributed by atoms with van der Waals surface area (Å²) in [6, 6.07) is 7.18. The van der Waals surface area contributed by atoms with Gasteiger partial charge >= 0.3 is 5.97 Å². The van der Waals surface area contributed by atoms with E-state index in [1.54, 1.807) is 18.2 Å². The van der Waals surface area contributed by atoms with Gasteiger partial charge < -0.3 is 14.5 Å². The quantitative estimate of drug-likeness (QED) is 0.594. The number of hydrogen-bond acceptors (Lipinski definition) is 5. The van der Waals surface area contributed by atoms with Gasteiger partial charge in [0.25, 0.3) is 5.56 Å². The molecule has 0 saturated heterocycles. The number of rotatable bonds is 8. The number of esters is 1. The smallest absolute Gasteiger partial charge is 0.305 e. The lowest BCUT2D eigenvalue weighted by molar-refractivity contribution is -0.145. The van der Waals surface area contributed by atoms with Gasteiger partial charge in [0.1, 0.15) is 12.4 Å². The number of H-pyrrole nitrogens is 1. The average molecular weight is 304 g/mol. The molecule has 6 nitrogen and oxygen atoms in total. The predicted molar refractivity (Wildman–Crippen MR) is 82.8 cm³/mol. The van der Waals surface area contributed by atoms with Gasteiger partial charge in [-0.05, 0) is 25.5 Å². The van der Waals surface area contributed by atoms with Crippen LogP contribution < -0.4 is 5.56 Å². The number of fused-ring (bicyclic) bond motifs is 1. The lowest BCUT2D eigenvalue weighted by atomic mass is 10.2. The molecular formula is C16H20N2O4. The maximum Gasteiger partial charge on any atom is 0.305 e. The zero-order valence-corrected chi connectivity index (χ0v) is 12.6. The monoisotopic (exact) mass is 304 g/mol. The molecule has 118 valence electrons. The Labute approximate surface area is 128 Å². The standard InChI is InChI=1S/C16H20N2O4/c1-2-21-10-11-22-15(19)9-5-8-14-17-13-7-4-3-6-12(13)16(20)18-14/h3-4,6-7H,2,5,8-11H2,1H3,(H,17,18,20). The van der Waals surface area contributed by atoms with Crippen LogP contribution in [0.5, 0.6) is 0 Å². The van der Waals surface area contributed by atoms with Gasteiger partial charge in [0, 0.05) is 19.4 Å². The second-order valence-electron chi connectivity index (χ2n) is 4.80. The molecule has 1 aromatic heterocycles. The van der Waals surface area contributed by atoms with Crippen LogP contribution in [-0.4, -0.2) is 35.8 Å². The van der Waals surface area contributed by atoms with Crippen molar-refractivity contribution in [1.29, 1.82) is 0 Å². The Morgan fingerprint density at radius 2 is 2.09 bits per heavy atom. The number of aromatic amines is 1. The Bertz CT molecular complexity index is 681. The first-order chi connectivity index (χ1) is 10.7. The molecule has 0 amide bonds. The SMILES string of the molecule is CCOCCOC(=O)CCCc1nc2ccccc2c(=O)[nH]1. The van der Waals surface area contributed by atoms with Crippen molar-refractivity contribution < 1.29 is 14.3 Å². The van der Waals surface area contributed by atoms with E-state index in [1.807, 2.05) is 13.0 Å². The van der Waals surface area contributed by atoms with Crippen molar-refractivity contribution in [3.63, 3.8) is 0 Å². The fourth-order valence-electron chi connectivity index (χ4n) is 2.08. The van der Waals surface area contributed by atoms with E-state index in [0.29, 0.717) is 49.2 Å². The third kappa shape index (κ3) is 4.66. The minimum absolute atomic E-state index is 0.153. The molecular weight excluding hydrogens is 284 g/mol. The second-order valence-corrected chi connectivity index (χ2v) is 4.80. The number of aromatic nitrogens is 2. The number of carbonyl (C=O) groups excluding carboxylic acids is 1. The zero-order chi connectivity index (χ0) is 15.8. The average Bonchev–Trinajstić information content (AvgIpc) is 2.52. The Morgan fingerprint density at radius 3 is 2.91 bits per heavy atom. The van der Waals surface area contributed by atoms with Gasteiger partial charge in [-0.1, -0.05) is 12.1 Å². The first-order valence-corrected chi connectivity index (χ1v) is 7.42. The summed E-state index contributed by atoms with van der Waals surface area (Å²) in [6.45, 7) is 3.19. The molecule has 0 fully saturated rings. The summed E-state index contributed by atoms with van der Waals surface area (Å²) in [6.07, 6.45) is 1.40. The van der Waals surface area contributed by atoms with Crippen molar-refractivity contribution in [2.45, 2.75) is 26.2 Å². The number of benzene rings is 1. The molecule has 0 radical (unpaired) electrons. The van der Waals surface area contributed by atoms with E-state index in [1.165, 1.54) is 0 Å². The predicted octanol–water partition coefficient (Wildman–Crippen LogP) is 1.83. The molecule has 0 saturated carbocycles. The van der Waals surface area contributed by atoms with Crippen LogP contribution in [-0.2, 0) is 20.7 Å². The first kappa shape index (κ1) is 16.2. The lowest BCUT2D eigenvalue weighted by Crippen LogP contribution is -2.13. The summed E-state index contributed by atoms with van der Waals surface area (Å²) < 4.78 is 10.1. The molecule has 22 heavy (non-hydrogen) atoms. The van der Waals surface area contributed by atoms with E-state index in [-0.39, 0.29) is 18.1 Å². The van der Waals surface area contributed by atoms with Crippen molar-refractivity contribution in [2.24, 2.45) is 0 Å². The van der Waals surface area contributed by atoms with Crippen LogP contribution in [0.3, 0.4) is 0 Å². The van der Waals surface area contributed by atoms with E-state index in [0.717, 1.165) is 0 Å². The van der Waals surface area contributed by atoms with Crippen LogP contribution >= 0.6 is 0 Å². The summed E-state index contributed by atoms with van der Waals surface area (Å²) in [5, 5.41) is 0.571. The van der Waals surface area contributed by atoms with Gasteiger partial charge in [-0.3, -0.25) is 9.59 Å². The van der Waals surface area contributed by atoms with Gasteiger partial charge in [0.2, 0.25) is 0 Å². The fraction of sp³-hybridized carbons (Fsp3) is 0.438. The van der Waals surface area contributed by atoms with Crippen molar-refractivity contribution in [1.82, 2.24) is 9.97 Å². The van der Waals surface area contributed by atoms with Gasteiger partial charge in [-0.15, -0.1) is 0 Å². The van der Waals surface area contributed by atoms with Crippen LogP contribution in [0, 0.1) is 0 Å². The topological polar surface area (TPSA) is 81.3 Å². The normalized spacial score (nSPS) is 10.8. The molecule has 0 aliphatic rings. The van der Waals surface area contributed by atoms with Crippen LogP contribution in [0.1, 0.15) is 25.6 Å². The highest BCUT2D eigenvalue weighted by Gasteiger charge is 2.06. The summed E-state index contributed by atoms with van der Waals surface area (Å²) in [4.78, 5) is 30.5. The Hall–Kier alpha value is -2.21. The number of carbonyl (C=O) groups is 1. The van der Waals surface area contributed by atoms with Crippen molar-refractivity contribution in [3.8, 4) is 0 Å². The summed E-state index contributed by atoms with van der Waals surface area (Å²) in [7, 11) is 0. The molecule has 2 aromatic rings. The second kappa shape index (κ2) is 8.29. The number of para-hydroxylation sites is 1. The minimum Gasteiger partial charge on any atom is -0.463 e. The number of ether oxygens (including phenoxy) is 2. The van der Waals surface area contributed by atoms with Crippen LogP contribution in [0.2, 0.25) is 0 Å². The molecule has 6 heteroatoms. The molecule has 1 heterocycles. The highest BCUT2D eigenvalue weighted by molar-refractivity contribution is 5.77. The van der Waals surface area contributed by atoms with Crippen molar-refractivity contribution >= 4 is 16.9 Å². The van der Waals surface area contributed by atoms with E-state index in [2.05, 4.69) is 9.97 Å². The van der Waals surface area contributed by atoms with E-state index in [9.17, 15) is 9.59 Å². The highest BCUT2D eigenvalue weighted by atomic mass is 16.6. The van der Waals surface area contributed by atoms with E-state index < -0.39 is 0 Å². The molecule has 1 N–H and O–H groups in total. The third-order valence-electron chi connectivity index (χ3n) is 3.15. The number of hydrogen-bond donors (Lipinski definition) is 1. The molecule has 2 rings (SSSR count). The highest BCUT2D eigenvalue weighted by Crippen LogP contribution is 2.07. The van der Waals surface area contributed by atoms with Crippen LogP contribution in [0.15, 0.2) is 29.1 Å². The van der Waals surface area contributed by atoms with Crippen LogP contribution in [0.4, 0.5) is 0 Å². The maximum absolute atomic E-state index is 11.9. The summed E-state index contributed by atoms with van der Waals surface area (Å²) in [5.41, 5.74) is 0.514. The Balaban J connectivity index is 1.82. The molecule has 0 spiro atoms. The zero-order valence-electron chi connectivity index (χ0n) is 12.6. The number of aryl methyl sites for hydroxylation is 1. The maximum atomic E-state index is 11.9. The van der Waals surface area contributed by atoms with Gasteiger partial charge in [0.15, 0.2) is 0 Å². The lowest BCUT2D eigenvalue weighted by Gasteiger charge is -2.05.